The lowest BCUT2D eigenvalue weighted by Crippen LogP contribution is -2.24. The maximum Gasteiger partial charge on any atom is 0.312 e. The first-order valence-corrected chi connectivity index (χ1v) is 6.91. The molecule has 1 heterocycles. The number of nitrogens with zero attached hydrogens (tertiary/aromatic N) is 4. The lowest BCUT2D eigenvalue weighted by atomic mass is 10.2. The van der Waals surface area contributed by atoms with Gasteiger partial charge in [0, 0.05) is 0 Å². The SMILES string of the molecule is Cc1nn(C[C@H](O)COc2ccc(C#N)cc2)c(C)c1[N+](=O)[O-]. The molecule has 0 aliphatic heterocycles. The Labute approximate surface area is 132 Å². The Kier molecular flexibility index (Phi) is 4.93. The Balaban J connectivity index is 1.97. The molecule has 1 aromatic heterocycles. The Morgan fingerprint density at radius 1 is 1.43 bits per heavy atom. The van der Waals surface area contributed by atoms with Gasteiger partial charge in [0.2, 0.25) is 0 Å². The molecule has 8 heteroatoms. The Hall–Kier alpha value is -2.92. The van der Waals surface area contributed by atoms with Crippen molar-refractivity contribution in [3.63, 3.8) is 0 Å². The second kappa shape index (κ2) is 6.89. The van der Waals surface area contributed by atoms with Crippen molar-refractivity contribution in [2.75, 3.05) is 6.61 Å². The normalized spacial score (nSPS) is 11.7. The molecule has 120 valence electrons. The number of aryl methyl sites for hydroxylation is 1. The van der Waals surface area contributed by atoms with E-state index in [1.165, 1.54) is 4.68 Å². The lowest BCUT2D eigenvalue weighted by Gasteiger charge is -2.13. The minimum atomic E-state index is -0.872. The molecule has 2 aromatic rings. The standard InChI is InChI=1S/C15H16N4O4/c1-10-15(19(21)22)11(2)18(17-10)8-13(20)9-23-14-5-3-12(7-16)4-6-14/h3-6,13,20H,8-9H2,1-2H3/t13-/m0/s1. The molecule has 0 fully saturated rings. The molecule has 0 saturated heterocycles. The molecular formula is C15H16N4O4. The molecule has 0 spiro atoms. The highest BCUT2D eigenvalue weighted by molar-refractivity contribution is 5.39. The minimum Gasteiger partial charge on any atom is -0.491 e. The number of rotatable bonds is 6. The van der Waals surface area contributed by atoms with Gasteiger partial charge < -0.3 is 9.84 Å². The molecular weight excluding hydrogens is 300 g/mol. The highest BCUT2D eigenvalue weighted by Crippen LogP contribution is 2.22. The second-order valence-corrected chi connectivity index (χ2v) is 5.06. The first-order chi connectivity index (χ1) is 10.9. The first-order valence-electron chi connectivity index (χ1n) is 6.91. The average Bonchev–Trinajstić information content (AvgIpc) is 2.79. The van der Waals surface area contributed by atoms with E-state index in [2.05, 4.69) is 5.10 Å². The van der Waals surface area contributed by atoms with Crippen LogP contribution < -0.4 is 4.74 Å². The van der Waals surface area contributed by atoms with E-state index in [0.717, 1.165) is 0 Å². The quantitative estimate of drug-likeness (QED) is 0.641. The van der Waals surface area contributed by atoms with Crippen LogP contribution in [0, 0.1) is 35.3 Å². The maximum atomic E-state index is 10.9. The molecule has 0 aliphatic rings. The van der Waals surface area contributed by atoms with Gasteiger partial charge in [-0.05, 0) is 38.1 Å². The molecule has 0 saturated carbocycles. The fraction of sp³-hybridized carbons (Fsp3) is 0.333. The van der Waals surface area contributed by atoms with Crippen molar-refractivity contribution in [1.82, 2.24) is 9.78 Å². The largest absolute Gasteiger partial charge is 0.491 e. The van der Waals surface area contributed by atoms with E-state index in [0.29, 0.717) is 22.7 Å². The summed E-state index contributed by atoms with van der Waals surface area (Å²) >= 11 is 0. The second-order valence-electron chi connectivity index (χ2n) is 5.06. The van der Waals surface area contributed by atoms with E-state index in [1.54, 1.807) is 38.1 Å². The molecule has 0 aliphatic carbocycles. The summed E-state index contributed by atoms with van der Waals surface area (Å²) in [6.45, 7) is 3.25. The van der Waals surface area contributed by atoms with Gasteiger partial charge in [0.1, 0.15) is 29.8 Å². The van der Waals surface area contributed by atoms with Crippen LogP contribution in [0.4, 0.5) is 5.69 Å². The Bertz CT molecular complexity index is 746. The van der Waals surface area contributed by atoms with Gasteiger partial charge in [-0.3, -0.25) is 14.8 Å². The van der Waals surface area contributed by atoms with Crippen LogP contribution >= 0.6 is 0 Å². The molecule has 2 rings (SSSR count). The topological polar surface area (TPSA) is 114 Å². The van der Waals surface area contributed by atoms with Crippen molar-refractivity contribution in [1.29, 1.82) is 5.26 Å². The fourth-order valence-electron chi connectivity index (χ4n) is 2.20. The van der Waals surface area contributed by atoms with Gasteiger partial charge in [-0.25, -0.2) is 0 Å². The van der Waals surface area contributed by atoms with Crippen LogP contribution in [-0.4, -0.2) is 32.5 Å². The van der Waals surface area contributed by atoms with Crippen molar-refractivity contribution in [2.24, 2.45) is 0 Å². The smallest absolute Gasteiger partial charge is 0.312 e. The Morgan fingerprint density at radius 3 is 2.61 bits per heavy atom. The number of hydrogen-bond acceptors (Lipinski definition) is 6. The third-order valence-corrected chi connectivity index (χ3v) is 3.34. The molecule has 0 unspecified atom stereocenters. The number of nitriles is 1. The van der Waals surface area contributed by atoms with Gasteiger partial charge in [0.05, 0.1) is 23.1 Å². The van der Waals surface area contributed by atoms with Crippen molar-refractivity contribution in [3.05, 3.63) is 51.3 Å². The number of aromatic nitrogens is 2. The van der Waals surface area contributed by atoms with Crippen LogP contribution in [0.1, 0.15) is 17.0 Å². The number of benzene rings is 1. The van der Waals surface area contributed by atoms with E-state index >= 15 is 0 Å². The van der Waals surface area contributed by atoms with Gasteiger partial charge in [-0.15, -0.1) is 0 Å². The summed E-state index contributed by atoms with van der Waals surface area (Å²) in [4.78, 5) is 10.5. The van der Waals surface area contributed by atoms with Crippen molar-refractivity contribution in [2.45, 2.75) is 26.5 Å². The highest BCUT2D eigenvalue weighted by Gasteiger charge is 2.22. The highest BCUT2D eigenvalue weighted by atomic mass is 16.6. The van der Waals surface area contributed by atoms with Crippen molar-refractivity contribution < 1.29 is 14.8 Å². The molecule has 1 N–H and O–H groups in total. The number of aliphatic hydroxyl groups is 1. The summed E-state index contributed by atoms with van der Waals surface area (Å²) in [5.74, 6) is 0.530. The van der Waals surface area contributed by atoms with Crippen LogP contribution in [0.3, 0.4) is 0 Å². The van der Waals surface area contributed by atoms with Crippen LogP contribution in [0.25, 0.3) is 0 Å². The predicted molar refractivity (Wildman–Crippen MR) is 81.0 cm³/mol. The van der Waals surface area contributed by atoms with Gasteiger partial charge in [0.15, 0.2) is 0 Å². The number of hydrogen-bond donors (Lipinski definition) is 1. The van der Waals surface area contributed by atoms with Crippen LogP contribution in [-0.2, 0) is 6.54 Å². The van der Waals surface area contributed by atoms with Crippen LogP contribution in [0.15, 0.2) is 24.3 Å². The maximum absolute atomic E-state index is 10.9. The molecule has 0 radical (unpaired) electrons. The summed E-state index contributed by atoms with van der Waals surface area (Å²) in [7, 11) is 0. The fourth-order valence-corrected chi connectivity index (χ4v) is 2.20. The van der Waals surface area contributed by atoms with Crippen LogP contribution in [0.5, 0.6) is 5.75 Å². The van der Waals surface area contributed by atoms with E-state index < -0.39 is 11.0 Å². The zero-order chi connectivity index (χ0) is 17.0. The molecule has 0 bridgehead atoms. The molecule has 8 nitrogen and oxygen atoms in total. The molecule has 1 atom stereocenters. The molecule has 1 aromatic carbocycles. The van der Waals surface area contributed by atoms with Crippen molar-refractivity contribution in [3.8, 4) is 11.8 Å². The predicted octanol–water partition coefficient (Wildman–Crippen LogP) is 1.72. The van der Waals surface area contributed by atoms with E-state index in [4.69, 9.17) is 10.00 Å². The van der Waals surface area contributed by atoms with Crippen molar-refractivity contribution >= 4 is 5.69 Å². The summed E-state index contributed by atoms with van der Waals surface area (Å²) < 4.78 is 6.83. The zero-order valence-corrected chi connectivity index (χ0v) is 12.8. The number of aliphatic hydroxyl groups excluding tert-OH is 1. The van der Waals surface area contributed by atoms with E-state index in [1.807, 2.05) is 6.07 Å². The Morgan fingerprint density at radius 2 is 2.09 bits per heavy atom. The third-order valence-electron chi connectivity index (χ3n) is 3.34. The summed E-state index contributed by atoms with van der Waals surface area (Å²) in [6.07, 6.45) is -0.872. The molecule has 23 heavy (non-hydrogen) atoms. The zero-order valence-electron chi connectivity index (χ0n) is 12.8. The van der Waals surface area contributed by atoms with Gasteiger partial charge >= 0.3 is 5.69 Å². The van der Waals surface area contributed by atoms with E-state index in [-0.39, 0.29) is 18.8 Å². The number of nitro groups is 1. The average molecular weight is 316 g/mol. The molecule has 0 amide bonds. The van der Waals surface area contributed by atoms with Gasteiger partial charge in [0.25, 0.3) is 0 Å². The lowest BCUT2D eigenvalue weighted by molar-refractivity contribution is -0.386. The number of ether oxygens (including phenoxy) is 1. The monoisotopic (exact) mass is 316 g/mol. The summed E-state index contributed by atoms with van der Waals surface area (Å²) in [6, 6.07) is 8.51. The minimum absolute atomic E-state index is 0.0119. The summed E-state index contributed by atoms with van der Waals surface area (Å²) in [5, 5.41) is 33.8. The first kappa shape index (κ1) is 16.5. The van der Waals surface area contributed by atoms with Gasteiger partial charge in [-0.1, -0.05) is 0 Å². The summed E-state index contributed by atoms with van der Waals surface area (Å²) in [5.41, 5.74) is 1.19. The van der Waals surface area contributed by atoms with Gasteiger partial charge in [-0.2, -0.15) is 10.4 Å². The van der Waals surface area contributed by atoms with Crippen LogP contribution in [0.2, 0.25) is 0 Å². The third kappa shape index (κ3) is 3.84. The van der Waals surface area contributed by atoms with E-state index in [9.17, 15) is 15.2 Å².